The Morgan fingerprint density at radius 2 is 1.76 bits per heavy atom. The topological polar surface area (TPSA) is 252 Å². The van der Waals surface area contributed by atoms with E-state index in [0.717, 1.165) is 25.2 Å². The highest BCUT2D eigenvalue weighted by Crippen LogP contribution is 2.28. The van der Waals surface area contributed by atoms with Crippen molar-refractivity contribution < 1.29 is 33.0 Å². The lowest BCUT2D eigenvalue weighted by Gasteiger charge is -2.33. The van der Waals surface area contributed by atoms with E-state index in [2.05, 4.69) is 15.4 Å². The number of aromatic hydroxyl groups is 1. The average Bonchev–Trinajstić information content (AvgIpc) is 3.91. The molecule has 1 saturated carbocycles. The van der Waals surface area contributed by atoms with Crippen LogP contribution in [0.1, 0.15) is 39.0 Å². The van der Waals surface area contributed by atoms with Crippen LogP contribution in [0.4, 0.5) is 5.69 Å². The van der Waals surface area contributed by atoms with E-state index in [1.54, 1.807) is 23.1 Å². The minimum atomic E-state index is -4.24. The minimum absolute atomic E-state index is 0.0192. The zero-order valence-electron chi connectivity index (χ0n) is 27.0. The molecule has 2 aliphatic rings. The Kier molecular flexibility index (Phi) is 12.0. The van der Waals surface area contributed by atoms with Crippen molar-refractivity contribution in [2.45, 2.75) is 56.0 Å². The molecule has 49 heavy (non-hydrogen) atoms. The van der Waals surface area contributed by atoms with Crippen LogP contribution in [0.3, 0.4) is 0 Å². The van der Waals surface area contributed by atoms with E-state index in [0.29, 0.717) is 31.3 Å². The van der Waals surface area contributed by atoms with E-state index < -0.39 is 56.9 Å². The van der Waals surface area contributed by atoms with Gasteiger partial charge in [-0.25, -0.2) is 8.42 Å². The van der Waals surface area contributed by atoms with Crippen molar-refractivity contribution in [3.05, 3.63) is 62.9 Å². The fourth-order valence-corrected chi connectivity index (χ4v) is 6.86. The molecule has 0 unspecified atom stereocenters. The molecule has 2 fully saturated rings. The van der Waals surface area contributed by atoms with Gasteiger partial charge in [0, 0.05) is 45.7 Å². The van der Waals surface area contributed by atoms with Crippen molar-refractivity contribution >= 4 is 50.2 Å². The second-order valence-electron chi connectivity index (χ2n) is 12.1. The number of carbonyl (C=O) groups is 3. The molecule has 0 radical (unpaired) electrons. The molecule has 0 aromatic heterocycles. The molecule has 264 valence electrons. The smallest absolute Gasteiger partial charge is 0.300 e. The monoisotopic (exact) mass is 699 g/mol. The number of guanidine groups is 1. The SMILES string of the molecule is CC(=O)O.N=C(N)N1CCC[C@@H](CNC(=O)C[C@H](NS(=O)(=O)c2ccc3ccccc3c2)C(=O)N(CCNc2c(O)c(=O)c2=O)C2CC2)C1. The number of fused-ring (bicyclic) bond motifs is 1. The van der Waals surface area contributed by atoms with Gasteiger partial charge in [0.2, 0.25) is 21.8 Å². The maximum Gasteiger partial charge on any atom is 0.300 e. The lowest BCUT2D eigenvalue weighted by atomic mass is 9.98. The average molecular weight is 700 g/mol. The Morgan fingerprint density at radius 3 is 2.39 bits per heavy atom. The number of anilines is 1. The molecule has 1 heterocycles. The molecule has 3 aromatic carbocycles. The van der Waals surface area contributed by atoms with E-state index in [1.807, 2.05) is 12.1 Å². The van der Waals surface area contributed by atoms with Crippen molar-refractivity contribution in [2.24, 2.45) is 11.7 Å². The predicted octanol–water partition coefficient (Wildman–Crippen LogP) is 0.0941. The number of carboxylic acids is 1. The zero-order valence-corrected chi connectivity index (χ0v) is 27.8. The lowest BCUT2D eigenvalue weighted by Crippen LogP contribution is -2.52. The van der Waals surface area contributed by atoms with Crippen molar-refractivity contribution in [1.82, 2.24) is 19.8 Å². The first-order chi connectivity index (χ1) is 23.2. The third-order valence-corrected chi connectivity index (χ3v) is 9.74. The summed E-state index contributed by atoms with van der Waals surface area (Å²) in [5.74, 6) is -2.61. The van der Waals surface area contributed by atoms with E-state index in [9.17, 15) is 32.7 Å². The summed E-state index contributed by atoms with van der Waals surface area (Å²) in [6, 6.07) is 10.2. The number of benzene rings is 2. The molecule has 16 nitrogen and oxygen atoms in total. The summed E-state index contributed by atoms with van der Waals surface area (Å²) in [6.45, 7) is 2.60. The number of sulfonamides is 1. The van der Waals surface area contributed by atoms with Gasteiger partial charge in [-0.15, -0.1) is 0 Å². The van der Waals surface area contributed by atoms with Gasteiger partial charge in [0.15, 0.2) is 11.7 Å². The van der Waals surface area contributed by atoms with Crippen LogP contribution in [0, 0.1) is 11.3 Å². The first-order valence-electron chi connectivity index (χ1n) is 15.8. The van der Waals surface area contributed by atoms with Crippen LogP contribution in [0.2, 0.25) is 0 Å². The highest BCUT2D eigenvalue weighted by molar-refractivity contribution is 7.89. The van der Waals surface area contributed by atoms with Gasteiger partial charge in [0.05, 0.1) is 11.3 Å². The third kappa shape index (κ3) is 9.76. The van der Waals surface area contributed by atoms with Crippen LogP contribution < -0.4 is 31.9 Å². The van der Waals surface area contributed by atoms with Gasteiger partial charge < -0.3 is 36.4 Å². The highest BCUT2D eigenvalue weighted by Gasteiger charge is 2.38. The molecule has 5 rings (SSSR count). The molecule has 3 aromatic rings. The van der Waals surface area contributed by atoms with Crippen molar-refractivity contribution in [1.29, 1.82) is 5.41 Å². The van der Waals surface area contributed by atoms with Crippen molar-refractivity contribution in [3.8, 4) is 5.75 Å². The standard InChI is InChI=1S/C30H37N7O7S.C2H4O2/c31-30(32)36-12-3-4-18(17-36)16-34-24(38)15-23(35-45(43,44)22-10-7-19-5-1-2-6-20(19)14-22)29(42)37(21-8-9-21)13-11-33-25-26(39)28(41)27(25)40;1-2(3)4/h1-2,5-7,10,14,18,21,23,33,35,39H,3-4,8-9,11-13,15-17H2,(H3,31,32)(H,34,38);1H3,(H,3,4)/t18-,23-;/m0./s1. The predicted molar refractivity (Wildman–Crippen MR) is 181 cm³/mol. The lowest BCUT2D eigenvalue weighted by molar-refractivity contribution is -0.136. The molecular weight excluding hydrogens is 658 g/mol. The van der Waals surface area contributed by atoms with Crippen LogP contribution >= 0.6 is 0 Å². The summed E-state index contributed by atoms with van der Waals surface area (Å²) >= 11 is 0. The summed E-state index contributed by atoms with van der Waals surface area (Å²) in [5, 5.41) is 31.8. The molecule has 8 N–H and O–H groups in total. The Bertz CT molecular complexity index is 1880. The van der Waals surface area contributed by atoms with Crippen molar-refractivity contribution in [2.75, 3.05) is 38.0 Å². The number of carboxylic acid groups (broad SMARTS) is 1. The Morgan fingerprint density at radius 1 is 1.08 bits per heavy atom. The number of nitrogens with two attached hydrogens (primary N) is 1. The maximum atomic E-state index is 13.9. The number of aliphatic carboxylic acids is 1. The Balaban J connectivity index is 0.00000128. The number of piperidine rings is 1. The molecule has 1 aliphatic heterocycles. The van der Waals surface area contributed by atoms with Crippen LogP contribution in [0.15, 0.2) is 56.9 Å². The van der Waals surface area contributed by atoms with Gasteiger partial charge in [-0.2, -0.15) is 4.72 Å². The van der Waals surface area contributed by atoms with E-state index in [-0.39, 0.29) is 48.1 Å². The third-order valence-electron chi connectivity index (χ3n) is 8.27. The summed E-state index contributed by atoms with van der Waals surface area (Å²) < 4.78 is 29.6. The summed E-state index contributed by atoms with van der Waals surface area (Å²) in [7, 11) is -4.24. The van der Waals surface area contributed by atoms with Gasteiger partial charge in [-0.1, -0.05) is 30.3 Å². The molecule has 1 aliphatic carbocycles. The second kappa shape index (κ2) is 15.9. The van der Waals surface area contributed by atoms with Crippen molar-refractivity contribution in [3.63, 3.8) is 0 Å². The van der Waals surface area contributed by atoms with Crippen LogP contribution in [0.25, 0.3) is 10.8 Å². The summed E-state index contributed by atoms with van der Waals surface area (Å²) in [4.78, 5) is 62.2. The maximum absolute atomic E-state index is 13.9. The van der Waals surface area contributed by atoms with E-state index in [4.69, 9.17) is 21.0 Å². The number of hydrogen-bond donors (Lipinski definition) is 7. The number of rotatable bonds is 13. The quantitative estimate of drug-likeness (QED) is 0.0712. The first kappa shape index (κ1) is 36.8. The van der Waals surface area contributed by atoms with Gasteiger partial charge >= 0.3 is 0 Å². The second-order valence-corrected chi connectivity index (χ2v) is 13.8. The number of nitrogens with zero attached hydrogens (tertiary/aromatic N) is 2. The largest absolute Gasteiger partial charge is 0.502 e. The van der Waals surface area contributed by atoms with Gasteiger partial charge in [-0.05, 0) is 54.5 Å². The van der Waals surface area contributed by atoms with E-state index >= 15 is 0 Å². The Hall–Kier alpha value is -5.03. The minimum Gasteiger partial charge on any atom is -0.502 e. The van der Waals surface area contributed by atoms with Gasteiger partial charge in [0.1, 0.15) is 11.7 Å². The number of nitrogens with one attached hydrogen (secondary N) is 4. The Labute approximate surface area is 282 Å². The van der Waals surface area contributed by atoms with Gasteiger partial charge in [-0.3, -0.25) is 29.4 Å². The molecule has 2 amide bonds. The van der Waals surface area contributed by atoms with Crippen LogP contribution in [-0.4, -0.2) is 97.0 Å². The first-order valence-corrected chi connectivity index (χ1v) is 17.3. The van der Waals surface area contributed by atoms with Crippen LogP contribution in [-0.2, 0) is 24.4 Å². The molecular formula is C32H41N7O9S. The molecule has 1 saturated heterocycles. The number of carbonyl (C=O) groups excluding carboxylic acids is 2. The number of amides is 2. The molecule has 17 heteroatoms. The highest BCUT2D eigenvalue weighted by atomic mass is 32.2. The molecule has 0 bridgehead atoms. The molecule has 0 spiro atoms. The van der Waals surface area contributed by atoms with Crippen LogP contribution in [0.5, 0.6) is 5.75 Å². The van der Waals surface area contributed by atoms with E-state index in [1.165, 1.54) is 17.0 Å². The van der Waals surface area contributed by atoms with Gasteiger partial charge in [0.25, 0.3) is 16.8 Å². The fraction of sp³-hybridized carbons (Fsp3) is 0.438. The fourth-order valence-electron chi connectivity index (χ4n) is 5.64. The number of likely N-dealkylation sites (tertiary alicyclic amines) is 1. The summed E-state index contributed by atoms with van der Waals surface area (Å²) in [5.41, 5.74) is 3.57. The molecule has 2 atom stereocenters. The zero-order chi connectivity index (χ0) is 35.9. The summed E-state index contributed by atoms with van der Waals surface area (Å²) in [6.07, 6.45) is 2.54. The normalized spacial score (nSPS) is 16.7. The number of hydrogen-bond acceptors (Lipinski definition) is 10.